The number of aliphatic hydroxyl groups is 1. The number of benzene rings is 3. The Bertz CT molecular complexity index is 1020. The van der Waals surface area contributed by atoms with Gasteiger partial charge in [-0.2, -0.15) is 0 Å². The number of Topliss-reactive ketones (excluding diaryl/α,β-unsaturated/α-hetero) is 1. The molecule has 0 aliphatic heterocycles. The van der Waals surface area contributed by atoms with Crippen LogP contribution in [0.4, 0.5) is 0 Å². The highest BCUT2D eigenvalue weighted by Crippen LogP contribution is 2.23. The van der Waals surface area contributed by atoms with E-state index in [2.05, 4.69) is 5.18 Å². The lowest BCUT2D eigenvalue weighted by Gasteiger charge is -2.09. The second-order valence-electron chi connectivity index (χ2n) is 5.72. The summed E-state index contributed by atoms with van der Waals surface area (Å²) in [5.41, 5.74) is 0.190. The SMILES string of the molecule is O=NC(C(=O)c1ccccc1C(=O)c1ccccc1)=C(O)c1ccccc1. The molecule has 0 atom stereocenters. The van der Waals surface area contributed by atoms with Crippen molar-refractivity contribution in [1.29, 1.82) is 0 Å². The van der Waals surface area contributed by atoms with Crippen LogP contribution in [0.3, 0.4) is 0 Å². The Morgan fingerprint density at radius 2 is 1.15 bits per heavy atom. The van der Waals surface area contributed by atoms with Crippen LogP contribution in [0.5, 0.6) is 0 Å². The molecular weight excluding hydrogens is 342 g/mol. The van der Waals surface area contributed by atoms with E-state index in [0.717, 1.165) is 0 Å². The normalized spacial score (nSPS) is 11.4. The van der Waals surface area contributed by atoms with Crippen molar-refractivity contribution in [3.8, 4) is 0 Å². The summed E-state index contributed by atoms with van der Waals surface area (Å²) in [6, 6.07) is 22.8. The smallest absolute Gasteiger partial charge is 0.219 e. The number of carbonyl (C=O) groups excluding carboxylic acids is 2. The Labute approximate surface area is 155 Å². The van der Waals surface area contributed by atoms with Crippen LogP contribution in [0.1, 0.15) is 31.8 Å². The van der Waals surface area contributed by atoms with Crippen molar-refractivity contribution in [2.24, 2.45) is 5.18 Å². The number of nitrogens with zero attached hydrogens (tertiary/aromatic N) is 1. The highest BCUT2D eigenvalue weighted by Gasteiger charge is 2.24. The van der Waals surface area contributed by atoms with Crippen LogP contribution in [-0.2, 0) is 0 Å². The van der Waals surface area contributed by atoms with E-state index < -0.39 is 17.2 Å². The van der Waals surface area contributed by atoms with Gasteiger partial charge in [0.05, 0.1) is 0 Å². The molecule has 0 aliphatic rings. The fourth-order valence-electron chi connectivity index (χ4n) is 2.68. The molecule has 132 valence electrons. The maximum Gasteiger partial charge on any atom is 0.219 e. The zero-order chi connectivity index (χ0) is 19.2. The molecule has 0 aromatic heterocycles. The minimum absolute atomic E-state index is 0.00318. The van der Waals surface area contributed by atoms with Gasteiger partial charge in [0.2, 0.25) is 5.78 Å². The zero-order valence-corrected chi connectivity index (χ0v) is 14.2. The predicted molar refractivity (Wildman–Crippen MR) is 102 cm³/mol. The molecular formula is C22H15NO4. The molecule has 3 aromatic rings. The summed E-state index contributed by atoms with van der Waals surface area (Å²) in [6.07, 6.45) is 0. The number of aliphatic hydroxyl groups excluding tert-OH is 1. The minimum atomic E-state index is -0.814. The van der Waals surface area contributed by atoms with Crippen LogP contribution in [0.15, 0.2) is 95.8 Å². The molecule has 0 fully saturated rings. The molecule has 0 saturated heterocycles. The third-order valence-corrected chi connectivity index (χ3v) is 4.03. The Morgan fingerprint density at radius 3 is 1.70 bits per heavy atom. The van der Waals surface area contributed by atoms with Gasteiger partial charge in [-0.1, -0.05) is 84.9 Å². The molecule has 3 aromatic carbocycles. The molecule has 0 unspecified atom stereocenters. The summed E-state index contributed by atoms with van der Waals surface area (Å²) in [6.45, 7) is 0. The Hall–Kier alpha value is -3.86. The fraction of sp³-hybridized carbons (Fsp3) is 0. The molecule has 5 heteroatoms. The van der Waals surface area contributed by atoms with Crippen LogP contribution in [-0.4, -0.2) is 16.7 Å². The first-order valence-electron chi connectivity index (χ1n) is 8.19. The van der Waals surface area contributed by atoms with Gasteiger partial charge >= 0.3 is 0 Å². The quantitative estimate of drug-likeness (QED) is 0.297. The van der Waals surface area contributed by atoms with E-state index in [1.54, 1.807) is 72.8 Å². The van der Waals surface area contributed by atoms with Crippen molar-refractivity contribution in [3.05, 3.63) is 118 Å². The average Bonchev–Trinajstić information content (AvgIpc) is 2.74. The van der Waals surface area contributed by atoms with Gasteiger partial charge < -0.3 is 5.11 Å². The molecule has 0 spiro atoms. The lowest BCUT2D eigenvalue weighted by atomic mass is 9.94. The van der Waals surface area contributed by atoms with Gasteiger partial charge in [-0.3, -0.25) is 9.59 Å². The number of allylic oxidation sites excluding steroid dienone is 1. The number of hydrogen-bond acceptors (Lipinski definition) is 5. The van der Waals surface area contributed by atoms with Crippen LogP contribution in [0, 0.1) is 4.91 Å². The largest absolute Gasteiger partial charge is 0.505 e. The van der Waals surface area contributed by atoms with Gasteiger partial charge in [-0.05, 0) is 5.18 Å². The van der Waals surface area contributed by atoms with E-state index in [0.29, 0.717) is 5.56 Å². The standard InChI is InChI=1S/C22H15NO4/c24-20(15-9-3-1-4-10-15)17-13-7-8-14-18(17)22(26)19(23-27)21(25)16-11-5-2-6-12-16/h1-14,25H. The number of hydrogen-bond donors (Lipinski definition) is 1. The summed E-state index contributed by atoms with van der Waals surface area (Å²) in [7, 11) is 0. The summed E-state index contributed by atoms with van der Waals surface area (Å²) in [5, 5.41) is 13.1. The summed E-state index contributed by atoms with van der Waals surface area (Å²) >= 11 is 0. The molecule has 0 heterocycles. The van der Waals surface area contributed by atoms with Crippen molar-refractivity contribution in [3.63, 3.8) is 0 Å². The van der Waals surface area contributed by atoms with Gasteiger partial charge in [0.1, 0.15) is 0 Å². The van der Waals surface area contributed by atoms with E-state index in [1.165, 1.54) is 12.1 Å². The Kier molecular flexibility index (Phi) is 5.33. The molecule has 5 nitrogen and oxygen atoms in total. The Balaban J connectivity index is 2.08. The van der Waals surface area contributed by atoms with Crippen molar-refractivity contribution in [2.45, 2.75) is 0 Å². The number of nitroso groups, excluding NO2 is 1. The Morgan fingerprint density at radius 1 is 0.667 bits per heavy atom. The molecule has 1 N–H and O–H groups in total. The lowest BCUT2D eigenvalue weighted by Crippen LogP contribution is -2.12. The second-order valence-corrected chi connectivity index (χ2v) is 5.72. The van der Waals surface area contributed by atoms with Crippen molar-refractivity contribution >= 4 is 17.3 Å². The van der Waals surface area contributed by atoms with E-state index in [9.17, 15) is 19.6 Å². The number of carbonyl (C=O) groups is 2. The van der Waals surface area contributed by atoms with Crippen molar-refractivity contribution in [1.82, 2.24) is 0 Å². The highest BCUT2D eigenvalue weighted by molar-refractivity contribution is 6.20. The van der Waals surface area contributed by atoms with Gasteiger partial charge in [0.25, 0.3) is 0 Å². The van der Waals surface area contributed by atoms with E-state index in [1.807, 2.05) is 0 Å². The first-order valence-corrected chi connectivity index (χ1v) is 8.19. The molecule has 27 heavy (non-hydrogen) atoms. The zero-order valence-electron chi connectivity index (χ0n) is 14.2. The molecule has 0 aliphatic carbocycles. The molecule has 0 bridgehead atoms. The van der Waals surface area contributed by atoms with E-state index in [-0.39, 0.29) is 22.5 Å². The van der Waals surface area contributed by atoms with Gasteiger partial charge in [-0.15, -0.1) is 4.91 Å². The van der Waals surface area contributed by atoms with Crippen LogP contribution in [0.2, 0.25) is 0 Å². The molecule has 3 rings (SSSR count). The fourth-order valence-corrected chi connectivity index (χ4v) is 2.68. The second kappa shape index (κ2) is 8.01. The predicted octanol–water partition coefficient (Wildman–Crippen LogP) is 4.79. The van der Waals surface area contributed by atoms with Crippen molar-refractivity contribution < 1.29 is 14.7 Å². The first kappa shape index (κ1) is 17.9. The summed E-state index contributed by atoms with van der Waals surface area (Å²) in [4.78, 5) is 37.0. The van der Waals surface area contributed by atoms with Crippen LogP contribution >= 0.6 is 0 Å². The van der Waals surface area contributed by atoms with Crippen LogP contribution < -0.4 is 0 Å². The summed E-state index contributed by atoms with van der Waals surface area (Å²) in [5.74, 6) is -1.70. The third-order valence-electron chi connectivity index (χ3n) is 4.03. The first-order chi connectivity index (χ1) is 13.1. The topological polar surface area (TPSA) is 83.8 Å². The lowest BCUT2D eigenvalue weighted by molar-refractivity contribution is 0.0999. The average molecular weight is 357 g/mol. The van der Waals surface area contributed by atoms with E-state index in [4.69, 9.17) is 0 Å². The number of rotatable bonds is 6. The van der Waals surface area contributed by atoms with Gasteiger partial charge in [-0.25, -0.2) is 0 Å². The minimum Gasteiger partial charge on any atom is -0.505 e. The van der Waals surface area contributed by atoms with E-state index >= 15 is 0 Å². The third kappa shape index (κ3) is 3.72. The molecule has 0 radical (unpaired) electrons. The number of ketones is 2. The van der Waals surface area contributed by atoms with Crippen LogP contribution in [0.25, 0.3) is 5.76 Å². The molecule has 0 saturated carbocycles. The van der Waals surface area contributed by atoms with Gasteiger partial charge in [0, 0.05) is 22.3 Å². The summed E-state index contributed by atoms with van der Waals surface area (Å²) < 4.78 is 0. The maximum atomic E-state index is 12.9. The van der Waals surface area contributed by atoms with Gasteiger partial charge in [0.15, 0.2) is 17.2 Å². The molecule has 0 amide bonds. The monoisotopic (exact) mass is 357 g/mol. The highest BCUT2D eigenvalue weighted by atomic mass is 16.3. The van der Waals surface area contributed by atoms with Crippen molar-refractivity contribution in [2.75, 3.05) is 0 Å². The maximum absolute atomic E-state index is 12.9.